The highest BCUT2D eigenvalue weighted by Crippen LogP contribution is 2.50. The molecule has 1 aliphatic rings. The second-order valence-corrected chi connectivity index (χ2v) is 5.77. The lowest BCUT2D eigenvalue weighted by Crippen LogP contribution is -2.55. The molecule has 18 heavy (non-hydrogen) atoms. The maximum absolute atomic E-state index is 2.50. The third-order valence-electron chi connectivity index (χ3n) is 3.83. The molecular formula is C17H19N. The van der Waals surface area contributed by atoms with Crippen LogP contribution in [0.3, 0.4) is 0 Å². The van der Waals surface area contributed by atoms with E-state index in [1.54, 1.807) is 0 Å². The molecule has 1 aliphatic heterocycles. The lowest BCUT2D eigenvalue weighted by atomic mass is 9.71. The van der Waals surface area contributed by atoms with Crippen LogP contribution < -0.4 is 4.90 Å². The second-order valence-electron chi connectivity index (χ2n) is 5.77. The number of benzene rings is 2. The highest BCUT2D eigenvalue weighted by atomic mass is 15.2. The fourth-order valence-electron chi connectivity index (χ4n) is 3.05. The van der Waals surface area contributed by atoms with Gasteiger partial charge in [0.1, 0.15) is 0 Å². The molecule has 1 heteroatoms. The monoisotopic (exact) mass is 237 g/mol. The first-order chi connectivity index (χ1) is 8.68. The summed E-state index contributed by atoms with van der Waals surface area (Å²) in [5.74, 6) is 0. The summed E-state index contributed by atoms with van der Waals surface area (Å²) in [4.78, 5) is 2.50. The molecule has 0 saturated carbocycles. The molecule has 1 nitrogen and oxygen atoms in total. The summed E-state index contributed by atoms with van der Waals surface area (Å²) in [6, 6.07) is 22.0. The Bertz CT molecular complexity index is 516. The van der Waals surface area contributed by atoms with E-state index in [2.05, 4.69) is 79.4 Å². The van der Waals surface area contributed by atoms with E-state index in [1.165, 1.54) is 11.3 Å². The van der Waals surface area contributed by atoms with Gasteiger partial charge in [-0.1, -0.05) is 62.4 Å². The lowest BCUT2D eigenvalue weighted by molar-refractivity contribution is 0.180. The molecule has 92 valence electrons. The molecule has 2 aromatic rings. The van der Waals surface area contributed by atoms with E-state index in [0.29, 0.717) is 11.5 Å². The molecule has 0 bridgehead atoms. The third kappa shape index (κ3) is 1.80. The van der Waals surface area contributed by atoms with Crippen molar-refractivity contribution in [2.75, 3.05) is 11.4 Å². The van der Waals surface area contributed by atoms with Crippen LogP contribution >= 0.6 is 0 Å². The van der Waals surface area contributed by atoms with Gasteiger partial charge in [-0.3, -0.25) is 0 Å². The summed E-state index contributed by atoms with van der Waals surface area (Å²) in [5, 5.41) is 0. The van der Waals surface area contributed by atoms with Gasteiger partial charge in [0.05, 0.1) is 6.04 Å². The Labute approximate surface area is 109 Å². The predicted octanol–water partition coefficient (Wildman–Crippen LogP) is 4.27. The molecule has 3 rings (SSSR count). The van der Waals surface area contributed by atoms with Crippen LogP contribution in [0.2, 0.25) is 0 Å². The second kappa shape index (κ2) is 4.16. The minimum Gasteiger partial charge on any atom is -0.363 e. The van der Waals surface area contributed by atoms with Crippen LogP contribution in [0.15, 0.2) is 60.7 Å². The molecule has 0 N–H and O–H groups in total. The van der Waals surface area contributed by atoms with Crippen molar-refractivity contribution in [2.24, 2.45) is 5.41 Å². The van der Waals surface area contributed by atoms with Gasteiger partial charge >= 0.3 is 0 Å². The molecular weight excluding hydrogens is 218 g/mol. The zero-order chi connectivity index (χ0) is 12.6. The lowest BCUT2D eigenvalue weighted by Gasteiger charge is -2.56. The molecule has 1 fully saturated rings. The smallest absolute Gasteiger partial charge is 0.0610 e. The first-order valence-electron chi connectivity index (χ1n) is 6.55. The van der Waals surface area contributed by atoms with Crippen molar-refractivity contribution < 1.29 is 0 Å². The van der Waals surface area contributed by atoms with E-state index in [1.807, 2.05) is 0 Å². The highest BCUT2D eigenvalue weighted by molar-refractivity contribution is 5.53. The summed E-state index contributed by atoms with van der Waals surface area (Å²) in [7, 11) is 0. The van der Waals surface area contributed by atoms with Crippen molar-refractivity contribution in [3.05, 3.63) is 66.2 Å². The Morgan fingerprint density at radius 2 is 1.44 bits per heavy atom. The summed E-state index contributed by atoms with van der Waals surface area (Å²) in [5.41, 5.74) is 3.08. The summed E-state index contributed by atoms with van der Waals surface area (Å²) in [6.45, 7) is 5.82. The minimum atomic E-state index is 0.344. The van der Waals surface area contributed by atoms with Gasteiger partial charge < -0.3 is 4.90 Å². The van der Waals surface area contributed by atoms with Crippen LogP contribution in [-0.2, 0) is 0 Å². The van der Waals surface area contributed by atoms with Crippen molar-refractivity contribution in [3.63, 3.8) is 0 Å². The Balaban J connectivity index is 1.95. The van der Waals surface area contributed by atoms with Gasteiger partial charge in [0.2, 0.25) is 0 Å². The van der Waals surface area contributed by atoms with Gasteiger partial charge in [-0.2, -0.15) is 0 Å². The summed E-state index contributed by atoms with van der Waals surface area (Å²) in [6.07, 6.45) is 0. The SMILES string of the molecule is CC1(C)CN(c2ccccc2)C1c1ccccc1. The molecule has 1 atom stereocenters. The normalized spacial score (nSPS) is 21.4. The zero-order valence-electron chi connectivity index (χ0n) is 11.0. The average molecular weight is 237 g/mol. The topological polar surface area (TPSA) is 3.24 Å². The van der Waals surface area contributed by atoms with Crippen LogP contribution in [0, 0.1) is 5.41 Å². The summed E-state index contributed by atoms with van der Waals surface area (Å²) >= 11 is 0. The fourth-order valence-corrected chi connectivity index (χ4v) is 3.05. The number of rotatable bonds is 2. The molecule has 0 amide bonds. The van der Waals surface area contributed by atoms with Gasteiger partial charge in [-0.15, -0.1) is 0 Å². The Kier molecular flexibility index (Phi) is 2.62. The van der Waals surface area contributed by atoms with E-state index >= 15 is 0 Å². The molecule has 1 heterocycles. The van der Waals surface area contributed by atoms with Gasteiger partial charge in [0.15, 0.2) is 0 Å². The van der Waals surface area contributed by atoms with Gasteiger partial charge in [0, 0.05) is 17.6 Å². The van der Waals surface area contributed by atoms with Crippen molar-refractivity contribution in [2.45, 2.75) is 19.9 Å². The Morgan fingerprint density at radius 1 is 0.889 bits per heavy atom. The van der Waals surface area contributed by atoms with Crippen LogP contribution in [0.4, 0.5) is 5.69 Å². The molecule has 0 spiro atoms. The maximum Gasteiger partial charge on any atom is 0.0610 e. The molecule has 0 radical (unpaired) electrons. The van der Waals surface area contributed by atoms with Crippen LogP contribution in [0.25, 0.3) is 0 Å². The molecule has 1 unspecified atom stereocenters. The number of para-hydroxylation sites is 1. The predicted molar refractivity (Wildman–Crippen MR) is 76.8 cm³/mol. The van der Waals surface area contributed by atoms with E-state index in [9.17, 15) is 0 Å². The molecule has 0 aromatic heterocycles. The quantitative estimate of drug-likeness (QED) is 0.753. The largest absolute Gasteiger partial charge is 0.363 e. The van der Waals surface area contributed by atoms with E-state index in [-0.39, 0.29) is 0 Å². The maximum atomic E-state index is 2.50. The first kappa shape index (κ1) is 11.3. The fraction of sp³-hybridized carbons (Fsp3) is 0.294. The summed E-state index contributed by atoms with van der Waals surface area (Å²) < 4.78 is 0. The van der Waals surface area contributed by atoms with Crippen molar-refractivity contribution in [1.82, 2.24) is 0 Å². The van der Waals surface area contributed by atoms with Crippen LogP contribution in [-0.4, -0.2) is 6.54 Å². The Hall–Kier alpha value is -1.76. The van der Waals surface area contributed by atoms with E-state index in [0.717, 1.165) is 6.54 Å². The van der Waals surface area contributed by atoms with E-state index < -0.39 is 0 Å². The van der Waals surface area contributed by atoms with E-state index in [4.69, 9.17) is 0 Å². The van der Waals surface area contributed by atoms with Crippen LogP contribution in [0.1, 0.15) is 25.5 Å². The number of nitrogens with zero attached hydrogens (tertiary/aromatic N) is 1. The minimum absolute atomic E-state index is 0.344. The third-order valence-corrected chi connectivity index (χ3v) is 3.83. The van der Waals surface area contributed by atoms with Gasteiger partial charge in [0.25, 0.3) is 0 Å². The first-order valence-corrected chi connectivity index (χ1v) is 6.55. The molecule has 1 saturated heterocycles. The number of hydrogen-bond acceptors (Lipinski definition) is 1. The van der Waals surface area contributed by atoms with Crippen molar-refractivity contribution in [1.29, 1.82) is 0 Å². The highest BCUT2D eigenvalue weighted by Gasteiger charge is 2.46. The Morgan fingerprint density at radius 3 is 2.00 bits per heavy atom. The standard InChI is InChI=1S/C17H19N/c1-17(2)13-18(15-11-7-4-8-12-15)16(17)14-9-5-3-6-10-14/h3-12,16H,13H2,1-2H3. The van der Waals surface area contributed by atoms with Crippen molar-refractivity contribution >= 4 is 5.69 Å². The van der Waals surface area contributed by atoms with Crippen LogP contribution in [0.5, 0.6) is 0 Å². The zero-order valence-corrected chi connectivity index (χ0v) is 11.0. The van der Waals surface area contributed by atoms with Crippen molar-refractivity contribution in [3.8, 4) is 0 Å². The number of hydrogen-bond donors (Lipinski definition) is 0. The average Bonchev–Trinajstić information content (AvgIpc) is 2.38. The van der Waals surface area contributed by atoms with Gasteiger partial charge in [-0.25, -0.2) is 0 Å². The molecule has 0 aliphatic carbocycles. The molecule has 2 aromatic carbocycles. The van der Waals surface area contributed by atoms with Gasteiger partial charge in [-0.05, 0) is 17.7 Å². The number of anilines is 1.